The molecule has 0 heterocycles. The zero-order valence-corrected chi connectivity index (χ0v) is 15.0. The summed E-state index contributed by atoms with van der Waals surface area (Å²) < 4.78 is 5.53. The molecular weight excluding hydrogens is 260 g/mol. The molecular formula is C18H38N2O. The summed E-state index contributed by atoms with van der Waals surface area (Å²) in [5.74, 6) is 2.47. The maximum absolute atomic E-state index is 5.53. The number of hydrogen-bond donors (Lipinski definition) is 1. The van der Waals surface area contributed by atoms with Crippen LogP contribution in [0.4, 0.5) is 0 Å². The molecule has 1 aliphatic carbocycles. The van der Waals surface area contributed by atoms with Gasteiger partial charge in [0.2, 0.25) is 0 Å². The van der Waals surface area contributed by atoms with E-state index in [0.717, 1.165) is 50.6 Å². The summed E-state index contributed by atoms with van der Waals surface area (Å²) in [6, 6.07) is 0.699. The molecule has 1 aliphatic rings. The first-order chi connectivity index (χ1) is 10.1. The van der Waals surface area contributed by atoms with Gasteiger partial charge < -0.3 is 15.0 Å². The molecule has 0 saturated heterocycles. The molecule has 3 nitrogen and oxygen atoms in total. The molecule has 3 heteroatoms. The maximum Gasteiger partial charge on any atom is 0.0593 e. The van der Waals surface area contributed by atoms with Gasteiger partial charge in [0.25, 0.3) is 0 Å². The van der Waals surface area contributed by atoms with Crippen LogP contribution in [-0.4, -0.2) is 50.3 Å². The van der Waals surface area contributed by atoms with Crippen molar-refractivity contribution >= 4 is 0 Å². The summed E-state index contributed by atoms with van der Waals surface area (Å²) in [6.45, 7) is 17.8. The Morgan fingerprint density at radius 3 is 2.52 bits per heavy atom. The van der Waals surface area contributed by atoms with E-state index < -0.39 is 0 Å². The van der Waals surface area contributed by atoms with Gasteiger partial charge in [-0.1, -0.05) is 27.7 Å². The van der Waals surface area contributed by atoms with Gasteiger partial charge in [0.1, 0.15) is 0 Å². The van der Waals surface area contributed by atoms with Crippen LogP contribution in [0.2, 0.25) is 0 Å². The van der Waals surface area contributed by atoms with E-state index in [4.69, 9.17) is 4.74 Å². The molecule has 1 rings (SSSR count). The van der Waals surface area contributed by atoms with Crippen molar-refractivity contribution in [2.24, 2.45) is 17.8 Å². The van der Waals surface area contributed by atoms with Crippen LogP contribution < -0.4 is 5.32 Å². The topological polar surface area (TPSA) is 24.5 Å². The Balaban J connectivity index is 2.55. The Morgan fingerprint density at radius 1 is 1.14 bits per heavy atom. The highest BCUT2D eigenvalue weighted by Crippen LogP contribution is 2.34. The van der Waals surface area contributed by atoms with Crippen LogP contribution in [0.25, 0.3) is 0 Å². The summed E-state index contributed by atoms with van der Waals surface area (Å²) in [4.78, 5) is 2.58. The lowest BCUT2D eigenvalue weighted by Crippen LogP contribution is -2.49. The van der Waals surface area contributed by atoms with E-state index in [9.17, 15) is 0 Å². The average molecular weight is 299 g/mol. The minimum Gasteiger partial charge on any atom is -0.380 e. The molecule has 4 unspecified atom stereocenters. The van der Waals surface area contributed by atoms with Crippen molar-refractivity contribution in [2.75, 3.05) is 39.4 Å². The molecule has 0 aromatic heterocycles. The quantitative estimate of drug-likeness (QED) is 0.626. The molecule has 1 fully saturated rings. The van der Waals surface area contributed by atoms with Crippen molar-refractivity contribution in [3.63, 3.8) is 0 Å². The molecule has 1 saturated carbocycles. The van der Waals surface area contributed by atoms with Crippen LogP contribution in [-0.2, 0) is 4.74 Å². The summed E-state index contributed by atoms with van der Waals surface area (Å²) in [6.07, 6.45) is 3.96. The number of nitrogens with zero attached hydrogens (tertiary/aromatic N) is 1. The number of rotatable bonds is 10. The second kappa shape index (κ2) is 10.6. The van der Waals surface area contributed by atoms with Crippen LogP contribution in [0.1, 0.15) is 53.9 Å². The first-order valence-electron chi connectivity index (χ1n) is 9.15. The molecule has 0 aromatic carbocycles. The smallest absolute Gasteiger partial charge is 0.0593 e. The average Bonchev–Trinajstić information content (AvgIpc) is 2.46. The van der Waals surface area contributed by atoms with E-state index in [1.807, 2.05) is 0 Å². The second-order valence-corrected chi connectivity index (χ2v) is 6.87. The van der Waals surface area contributed by atoms with Gasteiger partial charge in [-0.25, -0.2) is 0 Å². The van der Waals surface area contributed by atoms with E-state index in [1.54, 1.807) is 0 Å². The van der Waals surface area contributed by atoms with Gasteiger partial charge in [0.15, 0.2) is 0 Å². The Labute approximate surface area is 132 Å². The van der Waals surface area contributed by atoms with Gasteiger partial charge in [0.05, 0.1) is 6.61 Å². The molecule has 0 aliphatic heterocycles. The van der Waals surface area contributed by atoms with E-state index >= 15 is 0 Å². The van der Waals surface area contributed by atoms with Gasteiger partial charge in [-0.3, -0.25) is 0 Å². The van der Waals surface area contributed by atoms with Crippen molar-refractivity contribution in [1.29, 1.82) is 0 Å². The molecule has 1 N–H and O–H groups in total. The largest absolute Gasteiger partial charge is 0.380 e. The summed E-state index contributed by atoms with van der Waals surface area (Å²) in [5.41, 5.74) is 0. The van der Waals surface area contributed by atoms with E-state index in [1.165, 1.54) is 25.8 Å². The molecule has 21 heavy (non-hydrogen) atoms. The summed E-state index contributed by atoms with van der Waals surface area (Å²) >= 11 is 0. The van der Waals surface area contributed by atoms with Crippen LogP contribution in [0, 0.1) is 17.8 Å². The number of nitrogens with one attached hydrogen (secondary N) is 1. The second-order valence-electron chi connectivity index (χ2n) is 6.87. The van der Waals surface area contributed by atoms with Crippen molar-refractivity contribution < 1.29 is 4.74 Å². The zero-order chi connectivity index (χ0) is 15.7. The van der Waals surface area contributed by atoms with Crippen LogP contribution in [0.15, 0.2) is 0 Å². The highest BCUT2D eigenvalue weighted by atomic mass is 16.5. The van der Waals surface area contributed by atoms with Crippen molar-refractivity contribution in [1.82, 2.24) is 10.2 Å². The van der Waals surface area contributed by atoms with E-state index in [-0.39, 0.29) is 0 Å². The lowest BCUT2D eigenvalue weighted by Gasteiger charge is -2.42. The Morgan fingerprint density at radius 2 is 1.90 bits per heavy atom. The van der Waals surface area contributed by atoms with E-state index in [2.05, 4.69) is 44.8 Å². The molecule has 126 valence electrons. The molecule has 4 atom stereocenters. The van der Waals surface area contributed by atoms with Gasteiger partial charge in [0, 0.05) is 25.7 Å². The van der Waals surface area contributed by atoms with Gasteiger partial charge in [-0.05, 0) is 57.0 Å². The Hall–Kier alpha value is -0.120. The van der Waals surface area contributed by atoms with Crippen LogP contribution in [0.5, 0.6) is 0 Å². The number of hydrogen-bond acceptors (Lipinski definition) is 3. The van der Waals surface area contributed by atoms with Crippen molar-refractivity contribution in [2.45, 2.75) is 59.9 Å². The predicted octanol–water partition coefficient (Wildman–Crippen LogP) is 3.40. The fraction of sp³-hybridized carbons (Fsp3) is 1.00. The number of ether oxygens (including phenoxy) is 1. The SMILES string of the molecule is CCCNC1CC(C)CC(C)C1CN(CC)CCOCC. The molecule has 0 spiro atoms. The predicted molar refractivity (Wildman–Crippen MR) is 91.7 cm³/mol. The van der Waals surface area contributed by atoms with Crippen molar-refractivity contribution in [3.8, 4) is 0 Å². The molecule has 0 aromatic rings. The molecule has 0 radical (unpaired) electrons. The maximum atomic E-state index is 5.53. The number of likely N-dealkylation sites (N-methyl/N-ethyl adjacent to an activating group) is 1. The fourth-order valence-corrected chi connectivity index (χ4v) is 3.80. The third-order valence-electron chi connectivity index (χ3n) is 5.01. The van der Waals surface area contributed by atoms with Crippen LogP contribution in [0.3, 0.4) is 0 Å². The lowest BCUT2D eigenvalue weighted by atomic mass is 9.72. The van der Waals surface area contributed by atoms with E-state index in [0.29, 0.717) is 6.04 Å². The molecule has 0 bridgehead atoms. The first-order valence-corrected chi connectivity index (χ1v) is 9.15. The Kier molecular flexibility index (Phi) is 9.54. The van der Waals surface area contributed by atoms with Gasteiger partial charge >= 0.3 is 0 Å². The Bertz CT molecular complexity index is 260. The third kappa shape index (κ3) is 6.66. The van der Waals surface area contributed by atoms with Crippen molar-refractivity contribution in [3.05, 3.63) is 0 Å². The normalized spacial score (nSPS) is 30.0. The molecule has 0 amide bonds. The summed E-state index contributed by atoms with van der Waals surface area (Å²) in [5, 5.41) is 3.82. The van der Waals surface area contributed by atoms with Gasteiger partial charge in [-0.15, -0.1) is 0 Å². The third-order valence-corrected chi connectivity index (χ3v) is 5.01. The lowest BCUT2D eigenvalue weighted by molar-refractivity contribution is 0.0748. The highest BCUT2D eigenvalue weighted by molar-refractivity contribution is 4.89. The summed E-state index contributed by atoms with van der Waals surface area (Å²) in [7, 11) is 0. The highest BCUT2D eigenvalue weighted by Gasteiger charge is 2.34. The first kappa shape index (κ1) is 18.9. The minimum atomic E-state index is 0.699. The van der Waals surface area contributed by atoms with Gasteiger partial charge in [-0.2, -0.15) is 0 Å². The monoisotopic (exact) mass is 298 g/mol. The minimum absolute atomic E-state index is 0.699. The zero-order valence-electron chi connectivity index (χ0n) is 15.0. The van der Waals surface area contributed by atoms with Crippen LogP contribution >= 0.6 is 0 Å². The standard InChI is InChI=1S/C18H38N2O/c1-6-9-19-18-13-15(4)12-16(5)17(18)14-20(7-2)10-11-21-8-3/h15-19H,6-14H2,1-5H3. The fourth-order valence-electron chi connectivity index (χ4n) is 3.80.